The molecule has 0 spiro atoms. The van der Waals surface area contributed by atoms with Crippen molar-refractivity contribution in [3.05, 3.63) is 21.4 Å². The van der Waals surface area contributed by atoms with Crippen LogP contribution in [0, 0.1) is 13.8 Å². The molecular formula is C11H19NOS. The van der Waals surface area contributed by atoms with Crippen molar-refractivity contribution in [3.63, 3.8) is 0 Å². The van der Waals surface area contributed by atoms with E-state index in [9.17, 15) is 0 Å². The van der Waals surface area contributed by atoms with Gasteiger partial charge in [-0.3, -0.25) is 0 Å². The average Bonchev–Trinajstić information content (AvgIpc) is 2.45. The second-order valence-corrected chi connectivity index (χ2v) is 4.86. The van der Waals surface area contributed by atoms with Crippen LogP contribution in [0.4, 0.5) is 0 Å². The molecule has 0 aliphatic carbocycles. The third-order valence-electron chi connectivity index (χ3n) is 2.16. The fraction of sp³-hybridized carbons (Fsp3) is 0.636. The van der Waals surface area contributed by atoms with Crippen molar-refractivity contribution in [3.8, 4) is 0 Å². The first kappa shape index (κ1) is 11.7. The summed E-state index contributed by atoms with van der Waals surface area (Å²) in [5.41, 5.74) is 1.44. The Balaban J connectivity index is 2.21. The molecule has 0 bridgehead atoms. The number of ether oxygens (including phenoxy) is 1. The Morgan fingerprint density at radius 2 is 2.14 bits per heavy atom. The van der Waals surface area contributed by atoms with Gasteiger partial charge in [-0.15, -0.1) is 11.3 Å². The number of likely N-dealkylation sites (N-methyl/N-ethyl adjacent to an activating group) is 1. The first-order chi connectivity index (χ1) is 6.74. The standard InChI is InChI=1S/C11H19NOS/c1-9-8-11(10(2)14-9)4-6-13-7-5-12-3/h8,12H,4-7H2,1-3H3. The van der Waals surface area contributed by atoms with Crippen LogP contribution < -0.4 is 5.32 Å². The molecule has 1 aromatic heterocycles. The van der Waals surface area contributed by atoms with Crippen molar-refractivity contribution >= 4 is 11.3 Å². The monoisotopic (exact) mass is 213 g/mol. The summed E-state index contributed by atoms with van der Waals surface area (Å²) in [7, 11) is 1.94. The molecule has 0 fully saturated rings. The molecule has 1 aromatic rings. The minimum Gasteiger partial charge on any atom is -0.380 e. The highest BCUT2D eigenvalue weighted by atomic mass is 32.1. The maximum Gasteiger partial charge on any atom is 0.0590 e. The van der Waals surface area contributed by atoms with Gasteiger partial charge in [-0.1, -0.05) is 0 Å². The van der Waals surface area contributed by atoms with Crippen LogP contribution in [0.5, 0.6) is 0 Å². The fourth-order valence-electron chi connectivity index (χ4n) is 1.39. The van der Waals surface area contributed by atoms with Crippen LogP contribution in [0.15, 0.2) is 6.07 Å². The molecule has 0 amide bonds. The molecule has 3 heteroatoms. The number of nitrogens with one attached hydrogen (secondary N) is 1. The number of aryl methyl sites for hydroxylation is 2. The second kappa shape index (κ2) is 6.17. The molecule has 0 aliphatic heterocycles. The lowest BCUT2D eigenvalue weighted by molar-refractivity contribution is 0.140. The normalized spacial score (nSPS) is 10.8. The summed E-state index contributed by atoms with van der Waals surface area (Å²) in [5, 5.41) is 3.06. The van der Waals surface area contributed by atoms with E-state index in [1.54, 1.807) is 0 Å². The van der Waals surface area contributed by atoms with Crippen LogP contribution in [-0.4, -0.2) is 26.8 Å². The summed E-state index contributed by atoms with van der Waals surface area (Å²) in [6.45, 7) is 6.91. The molecule has 1 heterocycles. The molecule has 0 radical (unpaired) electrons. The minimum atomic E-state index is 0.804. The maximum absolute atomic E-state index is 5.48. The van der Waals surface area contributed by atoms with E-state index in [1.807, 2.05) is 18.4 Å². The molecule has 1 rings (SSSR count). The SMILES string of the molecule is CNCCOCCc1cc(C)sc1C. The van der Waals surface area contributed by atoms with E-state index >= 15 is 0 Å². The number of thiophene rings is 1. The largest absolute Gasteiger partial charge is 0.380 e. The van der Waals surface area contributed by atoms with Gasteiger partial charge in [-0.2, -0.15) is 0 Å². The van der Waals surface area contributed by atoms with Gasteiger partial charge in [0.05, 0.1) is 13.2 Å². The maximum atomic E-state index is 5.48. The number of rotatable bonds is 6. The summed E-state index contributed by atoms with van der Waals surface area (Å²) in [4.78, 5) is 2.83. The minimum absolute atomic E-state index is 0.804. The number of hydrogen-bond donors (Lipinski definition) is 1. The van der Waals surface area contributed by atoms with Crippen molar-refractivity contribution in [1.29, 1.82) is 0 Å². The van der Waals surface area contributed by atoms with Gasteiger partial charge in [0.1, 0.15) is 0 Å². The Kier molecular flexibility index (Phi) is 5.15. The van der Waals surface area contributed by atoms with Gasteiger partial charge < -0.3 is 10.1 Å². The molecule has 80 valence electrons. The molecule has 2 nitrogen and oxygen atoms in total. The van der Waals surface area contributed by atoms with Gasteiger partial charge in [0.2, 0.25) is 0 Å². The van der Waals surface area contributed by atoms with Gasteiger partial charge in [0.15, 0.2) is 0 Å². The summed E-state index contributed by atoms with van der Waals surface area (Å²) < 4.78 is 5.48. The van der Waals surface area contributed by atoms with Crippen LogP contribution >= 0.6 is 11.3 Å². The van der Waals surface area contributed by atoms with E-state index in [1.165, 1.54) is 15.3 Å². The first-order valence-electron chi connectivity index (χ1n) is 5.02. The molecule has 0 aromatic carbocycles. The zero-order valence-electron chi connectivity index (χ0n) is 9.22. The van der Waals surface area contributed by atoms with Crippen molar-refractivity contribution in [2.75, 3.05) is 26.8 Å². The lowest BCUT2D eigenvalue weighted by Crippen LogP contribution is -2.15. The van der Waals surface area contributed by atoms with Gasteiger partial charge in [0.25, 0.3) is 0 Å². The Bertz CT molecular complexity index is 270. The highest BCUT2D eigenvalue weighted by Crippen LogP contribution is 2.20. The van der Waals surface area contributed by atoms with Crippen LogP contribution in [0.3, 0.4) is 0 Å². The van der Waals surface area contributed by atoms with E-state index in [0.29, 0.717) is 0 Å². The summed E-state index contributed by atoms with van der Waals surface area (Å²) >= 11 is 1.87. The molecule has 0 unspecified atom stereocenters. The van der Waals surface area contributed by atoms with Crippen molar-refractivity contribution in [1.82, 2.24) is 5.32 Å². The third-order valence-corrected chi connectivity index (χ3v) is 3.16. The van der Waals surface area contributed by atoms with Gasteiger partial charge in [0, 0.05) is 16.3 Å². The van der Waals surface area contributed by atoms with Gasteiger partial charge in [-0.25, -0.2) is 0 Å². The molecule has 0 saturated carbocycles. The zero-order chi connectivity index (χ0) is 10.4. The third kappa shape index (κ3) is 3.78. The van der Waals surface area contributed by atoms with E-state index < -0.39 is 0 Å². The van der Waals surface area contributed by atoms with Crippen molar-refractivity contribution in [2.24, 2.45) is 0 Å². The lowest BCUT2D eigenvalue weighted by Gasteiger charge is -2.03. The average molecular weight is 213 g/mol. The highest BCUT2D eigenvalue weighted by Gasteiger charge is 2.01. The lowest BCUT2D eigenvalue weighted by atomic mass is 10.2. The zero-order valence-corrected chi connectivity index (χ0v) is 10.0. The molecular weight excluding hydrogens is 194 g/mol. The van der Waals surface area contributed by atoms with Crippen LogP contribution in [0.1, 0.15) is 15.3 Å². The Morgan fingerprint density at radius 1 is 1.36 bits per heavy atom. The van der Waals surface area contributed by atoms with Gasteiger partial charge in [-0.05, 0) is 38.9 Å². The molecule has 1 N–H and O–H groups in total. The predicted octanol–water partition coefficient (Wildman–Crippen LogP) is 2.14. The molecule has 0 saturated heterocycles. The van der Waals surface area contributed by atoms with Crippen molar-refractivity contribution < 1.29 is 4.74 Å². The van der Waals surface area contributed by atoms with Crippen molar-refractivity contribution in [2.45, 2.75) is 20.3 Å². The van der Waals surface area contributed by atoms with Crippen LogP contribution in [0.25, 0.3) is 0 Å². The fourth-order valence-corrected chi connectivity index (χ4v) is 2.37. The number of hydrogen-bond acceptors (Lipinski definition) is 3. The second-order valence-electron chi connectivity index (χ2n) is 3.40. The summed E-state index contributed by atoms with van der Waals surface area (Å²) in [5.74, 6) is 0. The quantitative estimate of drug-likeness (QED) is 0.731. The smallest absolute Gasteiger partial charge is 0.0590 e. The predicted molar refractivity (Wildman–Crippen MR) is 62.2 cm³/mol. The Hall–Kier alpha value is -0.380. The summed E-state index contributed by atoms with van der Waals surface area (Å²) in [6, 6.07) is 2.27. The molecule has 0 aliphatic rings. The highest BCUT2D eigenvalue weighted by molar-refractivity contribution is 7.12. The van der Waals surface area contributed by atoms with Crippen LogP contribution in [0.2, 0.25) is 0 Å². The van der Waals surface area contributed by atoms with E-state index in [2.05, 4.69) is 25.2 Å². The molecule has 0 atom stereocenters. The Morgan fingerprint density at radius 3 is 2.71 bits per heavy atom. The molecule has 14 heavy (non-hydrogen) atoms. The van der Waals surface area contributed by atoms with E-state index in [0.717, 1.165) is 26.2 Å². The van der Waals surface area contributed by atoms with Crippen LogP contribution in [-0.2, 0) is 11.2 Å². The van der Waals surface area contributed by atoms with E-state index in [4.69, 9.17) is 4.74 Å². The van der Waals surface area contributed by atoms with Gasteiger partial charge >= 0.3 is 0 Å². The Labute approximate surface area is 90.3 Å². The van der Waals surface area contributed by atoms with E-state index in [-0.39, 0.29) is 0 Å². The summed E-state index contributed by atoms with van der Waals surface area (Å²) in [6.07, 6.45) is 1.04. The topological polar surface area (TPSA) is 21.3 Å². The first-order valence-corrected chi connectivity index (χ1v) is 5.84.